The molecular formula is C15H19F3N2O4. The minimum absolute atomic E-state index is 0.0177. The van der Waals surface area contributed by atoms with Crippen LogP contribution in [0.1, 0.15) is 12.5 Å². The highest BCUT2D eigenvalue weighted by Gasteiger charge is 2.34. The van der Waals surface area contributed by atoms with Crippen LogP contribution < -0.4 is 15.4 Å². The third-order valence-corrected chi connectivity index (χ3v) is 3.22. The van der Waals surface area contributed by atoms with Crippen LogP contribution in [0, 0.1) is 0 Å². The lowest BCUT2D eigenvalue weighted by molar-refractivity contribution is -0.138. The summed E-state index contributed by atoms with van der Waals surface area (Å²) in [6, 6.07) is 2.74. The van der Waals surface area contributed by atoms with E-state index < -0.39 is 17.8 Å². The summed E-state index contributed by atoms with van der Waals surface area (Å²) in [6.07, 6.45) is -4.85. The molecule has 1 atom stereocenters. The summed E-state index contributed by atoms with van der Waals surface area (Å²) in [6.45, 7) is 3.23. The molecule has 2 N–H and O–H groups in total. The average molecular weight is 348 g/mol. The van der Waals surface area contributed by atoms with Crippen LogP contribution in [0.4, 0.5) is 23.7 Å². The van der Waals surface area contributed by atoms with Crippen LogP contribution in [-0.4, -0.2) is 45.1 Å². The molecule has 1 aromatic rings. The highest BCUT2D eigenvalue weighted by molar-refractivity contribution is 5.89. The van der Waals surface area contributed by atoms with E-state index in [0.29, 0.717) is 19.8 Å². The van der Waals surface area contributed by atoms with E-state index in [0.717, 1.165) is 6.07 Å². The summed E-state index contributed by atoms with van der Waals surface area (Å²) in [7, 11) is 0. The number of ether oxygens (including phenoxy) is 3. The van der Waals surface area contributed by atoms with Crippen LogP contribution in [0.2, 0.25) is 0 Å². The number of carbonyl (C=O) groups excluding carboxylic acids is 1. The van der Waals surface area contributed by atoms with Crippen molar-refractivity contribution in [2.24, 2.45) is 0 Å². The zero-order chi connectivity index (χ0) is 17.6. The number of urea groups is 1. The summed E-state index contributed by atoms with van der Waals surface area (Å²) in [5.74, 6) is -0.274. The maximum absolute atomic E-state index is 13.0. The molecule has 1 aliphatic heterocycles. The van der Waals surface area contributed by atoms with E-state index in [4.69, 9.17) is 14.2 Å². The van der Waals surface area contributed by atoms with E-state index in [2.05, 4.69) is 10.6 Å². The first-order chi connectivity index (χ1) is 11.4. The molecule has 6 nitrogen and oxygen atoms in total. The van der Waals surface area contributed by atoms with Crippen molar-refractivity contribution < 1.29 is 32.2 Å². The summed E-state index contributed by atoms with van der Waals surface area (Å²) in [5, 5.41) is 4.89. The minimum Gasteiger partial charge on any atom is -0.493 e. The van der Waals surface area contributed by atoms with Crippen LogP contribution in [0.25, 0.3) is 0 Å². The Bertz CT molecular complexity index is 560. The molecule has 0 spiro atoms. The molecule has 0 radical (unpaired) electrons. The normalized spacial score (nSPS) is 18.1. The Balaban J connectivity index is 1.97. The van der Waals surface area contributed by atoms with Gasteiger partial charge in [0.05, 0.1) is 38.1 Å². The molecule has 0 aliphatic carbocycles. The van der Waals surface area contributed by atoms with E-state index in [-0.39, 0.29) is 30.7 Å². The fourth-order valence-corrected chi connectivity index (χ4v) is 2.15. The third-order valence-electron chi connectivity index (χ3n) is 3.22. The maximum Gasteiger partial charge on any atom is 0.420 e. The lowest BCUT2D eigenvalue weighted by atomic mass is 10.1. The van der Waals surface area contributed by atoms with E-state index in [1.54, 1.807) is 6.92 Å². The molecule has 0 aromatic heterocycles. The lowest BCUT2D eigenvalue weighted by Gasteiger charge is -2.23. The first-order valence-electron chi connectivity index (χ1n) is 7.48. The van der Waals surface area contributed by atoms with Crippen molar-refractivity contribution in [3.63, 3.8) is 0 Å². The summed E-state index contributed by atoms with van der Waals surface area (Å²) < 4.78 is 54.6. The van der Waals surface area contributed by atoms with Gasteiger partial charge in [-0.3, -0.25) is 0 Å². The number of rotatable bonds is 5. The zero-order valence-corrected chi connectivity index (χ0v) is 13.1. The number of nitrogens with one attached hydrogen (secondary N) is 2. The lowest BCUT2D eigenvalue weighted by Crippen LogP contribution is -2.41. The predicted molar refractivity (Wildman–Crippen MR) is 80.2 cm³/mol. The van der Waals surface area contributed by atoms with Gasteiger partial charge in [-0.1, -0.05) is 0 Å². The number of hydrogen-bond acceptors (Lipinski definition) is 4. The quantitative estimate of drug-likeness (QED) is 0.858. The molecular weight excluding hydrogens is 329 g/mol. The molecule has 1 aromatic carbocycles. The first kappa shape index (κ1) is 18.3. The zero-order valence-electron chi connectivity index (χ0n) is 13.1. The third kappa shape index (κ3) is 5.27. The Labute approximate surface area is 137 Å². The Kier molecular flexibility index (Phi) is 6.27. The maximum atomic E-state index is 13.0. The van der Waals surface area contributed by atoms with Crippen LogP contribution in [0.5, 0.6) is 5.75 Å². The number of alkyl halides is 3. The number of carbonyl (C=O) groups is 1. The Morgan fingerprint density at radius 3 is 2.79 bits per heavy atom. The second kappa shape index (κ2) is 8.20. The van der Waals surface area contributed by atoms with Gasteiger partial charge in [-0.15, -0.1) is 0 Å². The molecule has 134 valence electrons. The smallest absolute Gasteiger partial charge is 0.420 e. The topological polar surface area (TPSA) is 68.8 Å². The number of benzene rings is 1. The Morgan fingerprint density at radius 2 is 2.17 bits per heavy atom. The fourth-order valence-electron chi connectivity index (χ4n) is 2.15. The molecule has 0 bridgehead atoms. The monoisotopic (exact) mass is 348 g/mol. The van der Waals surface area contributed by atoms with Crippen LogP contribution >= 0.6 is 0 Å². The van der Waals surface area contributed by atoms with Crippen molar-refractivity contribution in [2.75, 3.05) is 38.3 Å². The van der Waals surface area contributed by atoms with Crippen molar-refractivity contribution >= 4 is 11.7 Å². The van der Waals surface area contributed by atoms with Crippen molar-refractivity contribution in [1.29, 1.82) is 0 Å². The van der Waals surface area contributed by atoms with E-state index in [9.17, 15) is 18.0 Å². The second-order valence-corrected chi connectivity index (χ2v) is 5.04. The van der Waals surface area contributed by atoms with Gasteiger partial charge in [0.25, 0.3) is 0 Å². The molecule has 24 heavy (non-hydrogen) atoms. The van der Waals surface area contributed by atoms with Gasteiger partial charge in [0.1, 0.15) is 5.75 Å². The molecule has 1 heterocycles. The van der Waals surface area contributed by atoms with E-state index in [1.807, 2.05) is 0 Å². The van der Waals surface area contributed by atoms with Crippen molar-refractivity contribution in [3.05, 3.63) is 23.8 Å². The minimum atomic E-state index is -4.58. The van der Waals surface area contributed by atoms with Crippen LogP contribution in [0.3, 0.4) is 0 Å². The highest BCUT2D eigenvalue weighted by Crippen LogP contribution is 2.37. The molecule has 2 rings (SSSR count). The van der Waals surface area contributed by atoms with Crippen molar-refractivity contribution in [1.82, 2.24) is 5.32 Å². The number of anilines is 1. The van der Waals surface area contributed by atoms with Gasteiger partial charge >= 0.3 is 12.2 Å². The highest BCUT2D eigenvalue weighted by atomic mass is 19.4. The van der Waals surface area contributed by atoms with Crippen molar-refractivity contribution in [3.8, 4) is 5.75 Å². The molecule has 1 fully saturated rings. The van der Waals surface area contributed by atoms with Gasteiger partial charge in [0.15, 0.2) is 0 Å². The van der Waals surface area contributed by atoms with E-state index in [1.165, 1.54) is 12.1 Å². The standard InChI is InChI=1S/C15H19F3N2O4/c1-2-23-13-4-3-10(7-12(13)15(16,17)18)20-14(21)19-8-11-9-22-5-6-24-11/h3-4,7,11H,2,5-6,8-9H2,1H3,(H2,19,20,21)/t11-/m1/s1. The molecule has 0 unspecified atom stereocenters. The molecule has 2 amide bonds. The van der Waals surface area contributed by atoms with Crippen molar-refractivity contribution in [2.45, 2.75) is 19.2 Å². The Morgan fingerprint density at radius 1 is 1.38 bits per heavy atom. The van der Waals surface area contributed by atoms with Crippen LogP contribution in [-0.2, 0) is 15.7 Å². The van der Waals surface area contributed by atoms with Gasteiger partial charge in [0.2, 0.25) is 0 Å². The van der Waals surface area contributed by atoms with Gasteiger partial charge in [-0.05, 0) is 25.1 Å². The van der Waals surface area contributed by atoms with Crippen LogP contribution in [0.15, 0.2) is 18.2 Å². The fraction of sp³-hybridized carbons (Fsp3) is 0.533. The van der Waals surface area contributed by atoms with E-state index >= 15 is 0 Å². The van der Waals surface area contributed by atoms with Gasteiger partial charge < -0.3 is 24.8 Å². The predicted octanol–water partition coefficient (Wildman–Crippen LogP) is 2.64. The first-order valence-corrected chi connectivity index (χ1v) is 7.48. The second-order valence-electron chi connectivity index (χ2n) is 5.04. The largest absolute Gasteiger partial charge is 0.493 e. The SMILES string of the molecule is CCOc1ccc(NC(=O)NC[C@@H]2COCCO2)cc1C(F)(F)F. The summed E-state index contributed by atoms with van der Waals surface area (Å²) in [4.78, 5) is 11.8. The molecule has 1 aliphatic rings. The number of amides is 2. The molecule has 0 saturated carbocycles. The van der Waals surface area contributed by atoms with Gasteiger partial charge in [0, 0.05) is 12.2 Å². The number of hydrogen-bond donors (Lipinski definition) is 2. The summed E-state index contributed by atoms with van der Waals surface area (Å²) in [5.41, 5.74) is -0.921. The van der Waals surface area contributed by atoms with Gasteiger partial charge in [-0.2, -0.15) is 13.2 Å². The molecule has 1 saturated heterocycles. The van der Waals surface area contributed by atoms with Gasteiger partial charge in [-0.25, -0.2) is 4.79 Å². The average Bonchev–Trinajstić information content (AvgIpc) is 2.54. The Hall–Kier alpha value is -2.00. The molecule has 9 heteroatoms. The summed E-state index contributed by atoms with van der Waals surface area (Å²) >= 11 is 0. The number of halogens is 3.